The van der Waals surface area contributed by atoms with Gasteiger partial charge in [-0.05, 0) is 37.5 Å². The van der Waals surface area contributed by atoms with Crippen LogP contribution in [0.5, 0.6) is 0 Å². The van der Waals surface area contributed by atoms with E-state index in [9.17, 15) is 13.2 Å². The summed E-state index contributed by atoms with van der Waals surface area (Å²) >= 11 is 12.0. The lowest BCUT2D eigenvalue weighted by Crippen LogP contribution is -2.48. The minimum absolute atomic E-state index is 0.118. The number of methoxy groups -OCH3 is 1. The molecule has 2 atom stereocenters. The largest absolute Gasteiger partial charge is 0.383 e. The smallest absolute Gasteiger partial charge is 0.224 e. The maximum absolute atomic E-state index is 12.8. The van der Waals surface area contributed by atoms with Crippen molar-refractivity contribution in [2.45, 2.75) is 31.6 Å². The molecule has 2 rings (SSSR count). The fourth-order valence-electron chi connectivity index (χ4n) is 2.99. The third-order valence-corrected chi connectivity index (χ3v) is 6.69. The minimum Gasteiger partial charge on any atom is -0.383 e. The number of ether oxygens (including phenoxy) is 1. The first kappa shape index (κ1) is 21.4. The SMILES string of the molecule is COC[C@@H](C)NC(=O)[C@H]1CCCN(S(=O)(=O)Cc2ccc(Cl)cc2Cl)C1. The number of hydrogen-bond acceptors (Lipinski definition) is 4. The van der Waals surface area contributed by atoms with E-state index >= 15 is 0 Å². The molecule has 1 saturated heterocycles. The summed E-state index contributed by atoms with van der Waals surface area (Å²) in [5.41, 5.74) is 0.497. The first-order valence-corrected chi connectivity index (χ1v) is 10.8. The molecule has 0 spiro atoms. The Morgan fingerprint density at radius 2 is 2.15 bits per heavy atom. The number of rotatable bonds is 7. The predicted octanol–water partition coefficient (Wildman–Crippen LogP) is 2.69. The molecule has 0 radical (unpaired) electrons. The molecule has 0 aliphatic carbocycles. The van der Waals surface area contributed by atoms with E-state index in [1.54, 1.807) is 19.2 Å². The van der Waals surface area contributed by atoms with Crippen LogP contribution in [0.15, 0.2) is 18.2 Å². The van der Waals surface area contributed by atoms with Crippen molar-refractivity contribution in [3.8, 4) is 0 Å². The molecule has 0 saturated carbocycles. The summed E-state index contributed by atoms with van der Waals surface area (Å²) in [5.74, 6) is -0.713. The Morgan fingerprint density at radius 1 is 1.42 bits per heavy atom. The fraction of sp³-hybridized carbons (Fsp3) is 0.588. The van der Waals surface area contributed by atoms with Crippen molar-refractivity contribution in [1.29, 1.82) is 0 Å². The lowest BCUT2D eigenvalue weighted by molar-refractivity contribution is -0.127. The number of nitrogens with zero attached hydrogens (tertiary/aromatic N) is 1. The lowest BCUT2D eigenvalue weighted by Gasteiger charge is -2.32. The van der Waals surface area contributed by atoms with E-state index in [1.807, 2.05) is 6.92 Å². The Hall–Kier alpha value is -0.860. The van der Waals surface area contributed by atoms with E-state index in [2.05, 4.69) is 5.32 Å². The molecule has 0 aromatic heterocycles. The average Bonchev–Trinajstić information content (AvgIpc) is 2.57. The van der Waals surface area contributed by atoms with Crippen molar-refractivity contribution in [3.63, 3.8) is 0 Å². The maximum atomic E-state index is 12.8. The third kappa shape index (κ3) is 5.82. The first-order chi connectivity index (χ1) is 12.2. The van der Waals surface area contributed by atoms with Gasteiger partial charge >= 0.3 is 0 Å². The van der Waals surface area contributed by atoms with Gasteiger partial charge in [0.15, 0.2) is 0 Å². The number of carbonyl (C=O) groups is 1. The van der Waals surface area contributed by atoms with Gasteiger partial charge in [-0.15, -0.1) is 0 Å². The van der Waals surface area contributed by atoms with Crippen LogP contribution in [0.25, 0.3) is 0 Å². The number of carbonyl (C=O) groups excluding carboxylic acids is 1. The normalized spacial score (nSPS) is 19.9. The molecular formula is C17H24Cl2N2O4S. The summed E-state index contributed by atoms with van der Waals surface area (Å²) in [6.07, 6.45) is 1.31. The standard InChI is InChI=1S/C17H24Cl2N2O4S/c1-12(10-25-2)20-17(22)13-4-3-7-21(9-13)26(23,24)11-14-5-6-15(18)8-16(14)19/h5-6,8,12-13H,3-4,7,9-11H2,1-2H3,(H,20,22)/t12-,13+/m1/s1. The molecule has 1 aliphatic heterocycles. The molecule has 1 amide bonds. The zero-order chi connectivity index (χ0) is 19.3. The van der Waals surface area contributed by atoms with Crippen LogP contribution in [0.1, 0.15) is 25.3 Å². The van der Waals surface area contributed by atoms with Crippen LogP contribution < -0.4 is 5.32 Å². The van der Waals surface area contributed by atoms with E-state index in [-0.39, 0.29) is 30.2 Å². The van der Waals surface area contributed by atoms with Crippen LogP contribution in [0.4, 0.5) is 0 Å². The summed E-state index contributed by atoms with van der Waals surface area (Å²) in [6, 6.07) is 4.63. The summed E-state index contributed by atoms with van der Waals surface area (Å²) in [5, 5.41) is 3.64. The number of hydrogen-bond donors (Lipinski definition) is 1. The highest BCUT2D eigenvalue weighted by atomic mass is 35.5. The molecule has 146 valence electrons. The molecule has 6 nitrogen and oxygen atoms in total. The summed E-state index contributed by atoms with van der Waals surface area (Å²) < 4.78 is 31.9. The van der Waals surface area contributed by atoms with Gasteiger partial charge in [0.1, 0.15) is 0 Å². The van der Waals surface area contributed by atoms with E-state index in [0.29, 0.717) is 41.6 Å². The second-order valence-electron chi connectivity index (χ2n) is 6.55. The van der Waals surface area contributed by atoms with Gasteiger partial charge < -0.3 is 10.1 Å². The van der Waals surface area contributed by atoms with E-state index in [0.717, 1.165) is 0 Å². The van der Waals surface area contributed by atoms with Gasteiger partial charge in [-0.25, -0.2) is 12.7 Å². The number of nitrogens with one attached hydrogen (secondary N) is 1. The average molecular weight is 423 g/mol. The number of piperidine rings is 1. The van der Waals surface area contributed by atoms with Gasteiger partial charge in [-0.1, -0.05) is 29.3 Å². The molecule has 1 aromatic rings. The van der Waals surface area contributed by atoms with Gasteiger partial charge in [0.05, 0.1) is 18.3 Å². The molecule has 1 N–H and O–H groups in total. The topological polar surface area (TPSA) is 75.7 Å². The lowest BCUT2D eigenvalue weighted by atomic mass is 9.98. The molecule has 0 bridgehead atoms. The van der Waals surface area contributed by atoms with Crippen LogP contribution >= 0.6 is 23.2 Å². The van der Waals surface area contributed by atoms with E-state index in [1.165, 1.54) is 10.4 Å². The first-order valence-electron chi connectivity index (χ1n) is 8.44. The molecule has 1 heterocycles. The van der Waals surface area contributed by atoms with Crippen molar-refractivity contribution >= 4 is 39.1 Å². The van der Waals surface area contributed by atoms with Crippen molar-refractivity contribution in [3.05, 3.63) is 33.8 Å². The highest BCUT2D eigenvalue weighted by molar-refractivity contribution is 7.88. The number of benzene rings is 1. The quantitative estimate of drug-likeness (QED) is 0.732. The molecule has 26 heavy (non-hydrogen) atoms. The van der Waals surface area contributed by atoms with Gasteiger partial charge in [0, 0.05) is 36.3 Å². The predicted molar refractivity (Wildman–Crippen MR) is 103 cm³/mol. The number of halogens is 2. The van der Waals surface area contributed by atoms with Crippen molar-refractivity contribution < 1.29 is 17.9 Å². The molecule has 1 aromatic carbocycles. The Balaban J connectivity index is 2.04. The molecule has 0 unspecified atom stereocenters. The zero-order valence-electron chi connectivity index (χ0n) is 14.9. The van der Waals surface area contributed by atoms with Gasteiger partial charge in [-0.2, -0.15) is 0 Å². The highest BCUT2D eigenvalue weighted by Crippen LogP contribution is 2.26. The molecule has 1 fully saturated rings. The van der Waals surface area contributed by atoms with Crippen molar-refractivity contribution in [1.82, 2.24) is 9.62 Å². The second kappa shape index (κ2) is 9.37. The van der Waals surface area contributed by atoms with Crippen LogP contribution in [-0.4, -0.2) is 51.5 Å². The van der Waals surface area contributed by atoms with Crippen LogP contribution in [0.2, 0.25) is 10.0 Å². The monoisotopic (exact) mass is 422 g/mol. The Bertz CT molecular complexity index is 742. The fourth-order valence-corrected chi connectivity index (χ4v) is 5.18. The van der Waals surface area contributed by atoms with E-state index < -0.39 is 10.0 Å². The van der Waals surface area contributed by atoms with Crippen molar-refractivity contribution in [2.75, 3.05) is 26.8 Å². The molecular weight excluding hydrogens is 399 g/mol. The number of sulfonamides is 1. The molecule has 1 aliphatic rings. The summed E-state index contributed by atoms with van der Waals surface area (Å²) in [4.78, 5) is 12.4. The van der Waals surface area contributed by atoms with Gasteiger partial charge in [-0.3, -0.25) is 4.79 Å². The zero-order valence-corrected chi connectivity index (χ0v) is 17.2. The molecule has 9 heteroatoms. The summed E-state index contributed by atoms with van der Waals surface area (Å²) in [6.45, 7) is 2.85. The van der Waals surface area contributed by atoms with Gasteiger partial charge in [0.25, 0.3) is 0 Å². The Morgan fingerprint density at radius 3 is 2.81 bits per heavy atom. The second-order valence-corrected chi connectivity index (χ2v) is 9.37. The highest BCUT2D eigenvalue weighted by Gasteiger charge is 2.33. The van der Waals surface area contributed by atoms with Crippen molar-refractivity contribution in [2.24, 2.45) is 5.92 Å². The van der Waals surface area contributed by atoms with Gasteiger partial charge in [0.2, 0.25) is 15.9 Å². The maximum Gasteiger partial charge on any atom is 0.224 e. The Kier molecular flexibility index (Phi) is 7.73. The number of amides is 1. The minimum atomic E-state index is -3.58. The third-order valence-electron chi connectivity index (χ3n) is 4.31. The Labute approximate surface area is 164 Å². The van der Waals surface area contributed by atoms with Crippen LogP contribution in [0, 0.1) is 5.92 Å². The van der Waals surface area contributed by atoms with Crippen LogP contribution in [-0.2, 0) is 25.3 Å². The van der Waals surface area contributed by atoms with E-state index in [4.69, 9.17) is 27.9 Å². The summed E-state index contributed by atoms with van der Waals surface area (Å²) in [7, 11) is -2.01. The van der Waals surface area contributed by atoms with Crippen LogP contribution in [0.3, 0.4) is 0 Å².